The van der Waals surface area contributed by atoms with Gasteiger partial charge in [-0.3, -0.25) is 0 Å². The summed E-state index contributed by atoms with van der Waals surface area (Å²) in [5.74, 6) is 0. The molecule has 0 bridgehead atoms. The van der Waals surface area contributed by atoms with Gasteiger partial charge in [0.15, 0.2) is 0 Å². The maximum atomic E-state index is 8.84. The van der Waals surface area contributed by atoms with Crippen LogP contribution in [0.4, 0.5) is 0 Å². The first-order valence-corrected chi connectivity index (χ1v) is 8.36. The van der Waals surface area contributed by atoms with Crippen molar-refractivity contribution in [1.29, 1.82) is 0 Å². The fourth-order valence-electron chi connectivity index (χ4n) is 1.49. The van der Waals surface area contributed by atoms with Crippen LogP contribution in [0.3, 0.4) is 0 Å². The zero-order valence-corrected chi connectivity index (χ0v) is 14.2. The van der Waals surface area contributed by atoms with Gasteiger partial charge in [-0.25, -0.2) is 0 Å². The van der Waals surface area contributed by atoms with Crippen LogP contribution in [0.25, 0.3) is 0 Å². The van der Waals surface area contributed by atoms with Gasteiger partial charge in [-0.1, -0.05) is 39.5 Å². The van der Waals surface area contributed by atoms with Crippen molar-refractivity contribution >= 4 is 0 Å². The molecule has 0 fully saturated rings. The van der Waals surface area contributed by atoms with Crippen LogP contribution >= 0.6 is 0 Å². The lowest BCUT2D eigenvalue weighted by molar-refractivity contribution is -0.0207. The summed E-state index contributed by atoms with van der Waals surface area (Å²) in [7, 11) is 0. The molecule has 0 spiro atoms. The number of aliphatic hydroxyl groups is 4. The fraction of sp³-hybridized carbons (Fsp3) is 1.00. The minimum Gasteiger partial charge on any atom is -0.394 e. The molecule has 1 atom stereocenters. The predicted molar refractivity (Wildman–Crippen MR) is 86.9 cm³/mol. The van der Waals surface area contributed by atoms with Gasteiger partial charge in [-0.15, -0.1) is 0 Å². The normalized spacial score (nSPS) is 12.1. The van der Waals surface area contributed by atoms with Crippen LogP contribution in [-0.4, -0.2) is 72.3 Å². The molecule has 0 amide bonds. The lowest BCUT2D eigenvalue weighted by Crippen LogP contribution is -2.22. The Labute approximate surface area is 135 Å². The van der Waals surface area contributed by atoms with Crippen LogP contribution in [0, 0.1) is 0 Å². The summed E-state index contributed by atoms with van der Waals surface area (Å²) in [6.45, 7) is 5.42. The van der Waals surface area contributed by atoms with Gasteiger partial charge in [0.1, 0.15) is 12.2 Å². The van der Waals surface area contributed by atoms with Gasteiger partial charge < -0.3 is 29.9 Å². The van der Waals surface area contributed by atoms with E-state index in [1.807, 2.05) is 0 Å². The third kappa shape index (κ3) is 19.8. The first kappa shape index (κ1) is 24.0. The number of hydrogen-bond donors (Lipinski definition) is 4. The molecule has 4 N–H and O–H groups in total. The van der Waals surface area contributed by atoms with E-state index in [0.717, 1.165) is 32.1 Å². The second-order valence-corrected chi connectivity index (χ2v) is 5.18. The molecule has 0 aliphatic rings. The first-order valence-electron chi connectivity index (χ1n) is 8.36. The van der Waals surface area contributed by atoms with Gasteiger partial charge >= 0.3 is 0 Å². The minimum atomic E-state index is -0.711. The summed E-state index contributed by atoms with van der Waals surface area (Å²) in [6, 6.07) is 0. The van der Waals surface area contributed by atoms with Crippen LogP contribution in [0.5, 0.6) is 0 Å². The van der Waals surface area contributed by atoms with Crippen molar-refractivity contribution in [2.24, 2.45) is 0 Å². The van der Waals surface area contributed by atoms with E-state index in [-0.39, 0.29) is 32.5 Å². The average Bonchev–Trinajstić information content (AvgIpc) is 2.55. The van der Waals surface area contributed by atoms with Gasteiger partial charge in [0, 0.05) is 13.2 Å². The molecule has 0 aromatic heterocycles. The summed E-state index contributed by atoms with van der Waals surface area (Å²) in [6.07, 6.45) is 5.59. The van der Waals surface area contributed by atoms with Crippen LogP contribution in [0.1, 0.15) is 52.4 Å². The van der Waals surface area contributed by atoms with E-state index >= 15 is 0 Å². The van der Waals surface area contributed by atoms with E-state index in [1.54, 1.807) is 0 Å². The molecule has 136 valence electrons. The zero-order chi connectivity index (χ0) is 17.1. The quantitative estimate of drug-likeness (QED) is 0.357. The van der Waals surface area contributed by atoms with E-state index in [1.165, 1.54) is 6.42 Å². The van der Waals surface area contributed by atoms with Crippen molar-refractivity contribution < 1.29 is 29.9 Å². The van der Waals surface area contributed by atoms with Gasteiger partial charge in [0.05, 0.1) is 26.4 Å². The Kier molecular flexibility index (Phi) is 22.7. The molecule has 22 heavy (non-hydrogen) atoms. The van der Waals surface area contributed by atoms with Crippen molar-refractivity contribution in [1.82, 2.24) is 0 Å². The van der Waals surface area contributed by atoms with E-state index in [9.17, 15) is 0 Å². The van der Waals surface area contributed by atoms with Gasteiger partial charge in [-0.05, 0) is 12.8 Å². The number of rotatable bonds is 14. The van der Waals surface area contributed by atoms with Gasteiger partial charge in [0.2, 0.25) is 0 Å². The molecule has 0 saturated carbocycles. The Morgan fingerprint density at radius 2 is 1.32 bits per heavy atom. The highest BCUT2D eigenvalue weighted by Crippen LogP contribution is 1.97. The number of hydrogen-bond acceptors (Lipinski definition) is 6. The van der Waals surface area contributed by atoms with Crippen LogP contribution in [-0.2, 0) is 9.47 Å². The Morgan fingerprint density at radius 3 is 1.77 bits per heavy atom. The van der Waals surface area contributed by atoms with Crippen LogP contribution in [0.2, 0.25) is 0 Å². The van der Waals surface area contributed by atoms with E-state index in [2.05, 4.69) is 13.8 Å². The van der Waals surface area contributed by atoms with Crippen molar-refractivity contribution in [2.45, 2.75) is 64.6 Å². The second-order valence-electron chi connectivity index (χ2n) is 5.18. The van der Waals surface area contributed by atoms with Gasteiger partial charge in [-0.2, -0.15) is 0 Å². The Bertz CT molecular complexity index is 187. The maximum absolute atomic E-state index is 8.84. The summed E-state index contributed by atoms with van der Waals surface area (Å²) in [4.78, 5) is 0. The highest BCUT2D eigenvalue weighted by atomic mass is 16.5. The molecule has 0 aliphatic carbocycles. The molecule has 0 heterocycles. The predicted octanol–water partition coefficient (Wildman–Crippen LogP) is 1.09. The average molecular weight is 324 g/mol. The van der Waals surface area contributed by atoms with Crippen molar-refractivity contribution in [2.75, 3.05) is 39.6 Å². The molecular formula is C16H36O6. The van der Waals surface area contributed by atoms with Crippen molar-refractivity contribution in [3.8, 4) is 0 Å². The largest absolute Gasteiger partial charge is 0.394 e. The third-order valence-corrected chi connectivity index (χ3v) is 2.92. The number of ether oxygens (including phenoxy) is 2. The molecule has 0 rings (SSSR count). The number of unbranched alkanes of at least 4 members (excludes halogenated alkanes) is 4. The zero-order valence-electron chi connectivity index (χ0n) is 14.2. The molecule has 1 unspecified atom stereocenters. The highest BCUT2D eigenvalue weighted by molar-refractivity contribution is 4.51. The monoisotopic (exact) mass is 324 g/mol. The van der Waals surface area contributed by atoms with Crippen molar-refractivity contribution in [3.63, 3.8) is 0 Å². The smallest absolute Gasteiger partial charge is 0.104 e. The summed E-state index contributed by atoms with van der Waals surface area (Å²) < 4.78 is 10.2. The first-order chi connectivity index (χ1) is 10.7. The van der Waals surface area contributed by atoms with Crippen LogP contribution in [0.15, 0.2) is 0 Å². The van der Waals surface area contributed by atoms with Crippen molar-refractivity contribution in [3.05, 3.63) is 0 Å². The molecule has 0 aromatic rings. The minimum absolute atomic E-state index is 0.0946. The summed E-state index contributed by atoms with van der Waals surface area (Å²) in [5.41, 5.74) is 0. The van der Waals surface area contributed by atoms with E-state index < -0.39 is 6.10 Å². The molecule has 0 radical (unpaired) electrons. The van der Waals surface area contributed by atoms with E-state index in [0.29, 0.717) is 13.2 Å². The second kappa shape index (κ2) is 20.8. The van der Waals surface area contributed by atoms with Gasteiger partial charge in [0.25, 0.3) is 0 Å². The van der Waals surface area contributed by atoms with Crippen LogP contribution < -0.4 is 0 Å². The lowest BCUT2D eigenvalue weighted by Gasteiger charge is -2.11. The molecule has 0 aliphatic heterocycles. The fourth-order valence-corrected chi connectivity index (χ4v) is 1.49. The topological polar surface area (TPSA) is 99.4 Å². The summed E-state index contributed by atoms with van der Waals surface area (Å²) in [5, 5.41) is 34.4. The third-order valence-electron chi connectivity index (χ3n) is 2.92. The van der Waals surface area contributed by atoms with E-state index in [4.69, 9.17) is 29.9 Å². The SMILES string of the molecule is CCCCCOC(CO)CO.CCCCCOCC(O)CO. The molecule has 6 nitrogen and oxygen atoms in total. The standard InChI is InChI=1S/2C8H18O3/c1-2-3-4-5-11-7-8(10)6-9;1-2-3-4-5-11-8(6-9)7-10/h2*8-10H,2-7H2,1H3. The Morgan fingerprint density at radius 1 is 0.773 bits per heavy atom. The lowest BCUT2D eigenvalue weighted by atomic mass is 10.3. The Balaban J connectivity index is 0. The Hall–Kier alpha value is -0.240. The maximum Gasteiger partial charge on any atom is 0.104 e. The molecule has 6 heteroatoms. The molecule has 0 aromatic carbocycles. The highest BCUT2D eigenvalue weighted by Gasteiger charge is 2.03. The summed E-state index contributed by atoms with van der Waals surface area (Å²) >= 11 is 0. The molecular weight excluding hydrogens is 288 g/mol. The molecule has 0 saturated heterocycles. The number of aliphatic hydroxyl groups excluding tert-OH is 4.